The van der Waals surface area contributed by atoms with Gasteiger partial charge in [0.25, 0.3) is 0 Å². The number of anilines is 2. The third-order valence-corrected chi connectivity index (χ3v) is 7.73. The number of piperidine rings is 1. The van der Waals surface area contributed by atoms with Crippen LogP contribution in [-0.2, 0) is 11.3 Å². The van der Waals surface area contributed by atoms with Gasteiger partial charge < -0.3 is 20.9 Å². The SMILES string of the molecule is CC(=N)N1CCC(c2ccc(NC(=O)CN(Cc3cccc4ccccc34)c3cccc(C(=N)N)c3)cc2)CC1. The molecule has 1 heterocycles. The molecule has 1 fully saturated rings. The van der Waals surface area contributed by atoms with Crippen LogP contribution in [0.1, 0.15) is 42.4 Å². The number of benzene rings is 4. The largest absolute Gasteiger partial charge is 0.384 e. The van der Waals surface area contributed by atoms with Crippen molar-refractivity contribution in [3.63, 3.8) is 0 Å². The summed E-state index contributed by atoms with van der Waals surface area (Å²) in [4.78, 5) is 17.5. The molecule has 0 aromatic heterocycles. The number of carbonyl (C=O) groups is 1. The first-order valence-electron chi connectivity index (χ1n) is 13.7. The van der Waals surface area contributed by atoms with Gasteiger partial charge in [0.15, 0.2) is 0 Å². The van der Waals surface area contributed by atoms with Crippen LogP contribution in [0.3, 0.4) is 0 Å². The van der Waals surface area contributed by atoms with Gasteiger partial charge in [-0.1, -0.05) is 66.7 Å². The second-order valence-electron chi connectivity index (χ2n) is 10.5. The first-order valence-corrected chi connectivity index (χ1v) is 13.7. The van der Waals surface area contributed by atoms with Gasteiger partial charge >= 0.3 is 0 Å². The molecule has 5 rings (SSSR count). The highest BCUT2D eigenvalue weighted by Gasteiger charge is 2.21. The number of amidine groups is 2. The highest BCUT2D eigenvalue weighted by Crippen LogP contribution is 2.29. The lowest BCUT2D eigenvalue weighted by Gasteiger charge is -2.33. The van der Waals surface area contributed by atoms with E-state index in [1.807, 2.05) is 60.4 Å². The Bertz CT molecular complexity index is 1520. The molecule has 0 atom stereocenters. The maximum Gasteiger partial charge on any atom is 0.243 e. The van der Waals surface area contributed by atoms with Crippen LogP contribution in [0.2, 0.25) is 0 Å². The van der Waals surface area contributed by atoms with Crippen LogP contribution in [0.4, 0.5) is 11.4 Å². The number of amides is 1. The fourth-order valence-electron chi connectivity index (χ4n) is 5.51. The van der Waals surface area contributed by atoms with Gasteiger partial charge in [-0.2, -0.15) is 0 Å². The molecule has 0 saturated carbocycles. The maximum atomic E-state index is 13.3. The molecule has 4 aromatic rings. The summed E-state index contributed by atoms with van der Waals surface area (Å²) in [5, 5.41) is 21.1. The zero-order valence-corrected chi connectivity index (χ0v) is 22.9. The number of rotatable bonds is 8. The Kier molecular flexibility index (Phi) is 8.10. The normalized spacial score (nSPS) is 13.7. The minimum absolute atomic E-state index is 0.00450. The minimum atomic E-state index is -0.115. The molecule has 40 heavy (non-hydrogen) atoms. The maximum absolute atomic E-state index is 13.3. The molecule has 0 bridgehead atoms. The van der Waals surface area contributed by atoms with Crippen molar-refractivity contribution in [3.05, 3.63) is 108 Å². The number of nitrogens with zero attached hydrogens (tertiary/aromatic N) is 2. The lowest BCUT2D eigenvalue weighted by Crippen LogP contribution is -2.36. The monoisotopic (exact) mass is 532 g/mol. The summed E-state index contributed by atoms with van der Waals surface area (Å²) >= 11 is 0. The lowest BCUT2D eigenvalue weighted by atomic mass is 9.89. The molecular formula is C33H36N6O. The topological polar surface area (TPSA) is 109 Å². The Morgan fingerprint density at radius 3 is 2.38 bits per heavy atom. The summed E-state index contributed by atoms with van der Waals surface area (Å²) in [5.41, 5.74) is 10.4. The van der Waals surface area contributed by atoms with Gasteiger partial charge in [0.1, 0.15) is 5.84 Å². The van der Waals surface area contributed by atoms with Crippen molar-refractivity contribution >= 4 is 39.7 Å². The quantitative estimate of drug-likeness (QED) is 0.166. The average Bonchev–Trinajstić information content (AvgIpc) is 2.97. The van der Waals surface area contributed by atoms with Crippen molar-refractivity contribution in [2.75, 3.05) is 29.9 Å². The van der Waals surface area contributed by atoms with E-state index in [1.54, 1.807) is 6.07 Å². The summed E-state index contributed by atoms with van der Waals surface area (Å²) in [6.45, 7) is 4.35. The highest BCUT2D eigenvalue weighted by molar-refractivity contribution is 5.97. The molecule has 7 nitrogen and oxygen atoms in total. The van der Waals surface area contributed by atoms with E-state index in [-0.39, 0.29) is 18.3 Å². The van der Waals surface area contributed by atoms with Gasteiger partial charge in [0.05, 0.1) is 12.4 Å². The number of likely N-dealkylation sites (tertiary alicyclic amines) is 1. The summed E-state index contributed by atoms with van der Waals surface area (Å²) < 4.78 is 0. The molecule has 1 aliphatic heterocycles. The van der Waals surface area contributed by atoms with Crippen LogP contribution in [0, 0.1) is 10.8 Å². The average molecular weight is 533 g/mol. The molecule has 7 heteroatoms. The van der Waals surface area contributed by atoms with Crippen LogP contribution in [0.25, 0.3) is 10.8 Å². The van der Waals surface area contributed by atoms with Crippen molar-refractivity contribution < 1.29 is 4.79 Å². The Labute approximate surface area is 235 Å². The first kappa shape index (κ1) is 26.9. The fourth-order valence-corrected chi connectivity index (χ4v) is 5.51. The molecule has 0 radical (unpaired) electrons. The molecule has 1 amide bonds. The lowest BCUT2D eigenvalue weighted by molar-refractivity contribution is -0.115. The standard InChI is InChI=1S/C33H36N6O/c1-23(34)38-18-16-25(17-19-38)24-12-14-29(15-13-24)37-32(40)22-39(30-10-5-8-27(20-30)33(35)36)21-28-9-4-7-26-6-2-3-11-31(26)28/h2-15,20,25,34H,16-19,21-22H2,1H3,(H3,35,36)(H,37,40). The molecule has 5 N–H and O–H groups in total. The number of hydrogen-bond acceptors (Lipinski definition) is 4. The Balaban J connectivity index is 1.31. The Hall–Kier alpha value is -4.65. The van der Waals surface area contributed by atoms with E-state index in [4.69, 9.17) is 16.6 Å². The smallest absolute Gasteiger partial charge is 0.243 e. The first-order chi connectivity index (χ1) is 19.4. The van der Waals surface area contributed by atoms with Crippen LogP contribution in [0.15, 0.2) is 91.0 Å². The molecule has 0 aliphatic carbocycles. The predicted molar refractivity (Wildman–Crippen MR) is 164 cm³/mol. The molecule has 1 saturated heterocycles. The molecule has 0 spiro atoms. The number of nitrogen functional groups attached to an aromatic ring is 1. The molecule has 0 unspecified atom stereocenters. The van der Waals surface area contributed by atoms with Crippen LogP contribution >= 0.6 is 0 Å². The Morgan fingerprint density at radius 1 is 0.950 bits per heavy atom. The van der Waals surface area contributed by atoms with Crippen LogP contribution < -0.4 is 16.0 Å². The second kappa shape index (κ2) is 12.0. The fraction of sp³-hybridized carbons (Fsp3) is 0.242. The van der Waals surface area contributed by atoms with Crippen LogP contribution in [0.5, 0.6) is 0 Å². The molecule has 1 aliphatic rings. The summed E-state index contributed by atoms with van der Waals surface area (Å²) in [6, 6.07) is 30.1. The van der Waals surface area contributed by atoms with E-state index >= 15 is 0 Å². The second-order valence-corrected chi connectivity index (χ2v) is 10.5. The summed E-state index contributed by atoms with van der Waals surface area (Å²) in [6.07, 6.45) is 2.06. The minimum Gasteiger partial charge on any atom is -0.384 e. The predicted octanol–water partition coefficient (Wildman–Crippen LogP) is 5.95. The molecule has 4 aromatic carbocycles. The van der Waals surface area contributed by atoms with Crippen molar-refractivity contribution in [2.45, 2.75) is 32.2 Å². The molecule has 204 valence electrons. The van der Waals surface area contributed by atoms with Gasteiger partial charge in [0.2, 0.25) is 5.91 Å². The zero-order chi connectivity index (χ0) is 28.1. The van der Waals surface area contributed by atoms with E-state index in [9.17, 15) is 4.79 Å². The number of nitrogens with one attached hydrogen (secondary N) is 3. The van der Waals surface area contributed by atoms with E-state index in [0.29, 0.717) is 23.9 Å². The van der Waals surface area contributed by atoms with Gasteiger partial charge in [-0.3, -0.25) is 15.6 Å². The number of nitrogens with two attached hydrogens (primary N) is 1. The van der Waals surface area contributed by atoms with Crippen molar-refractivity contribution in [3.8, 4) is 0 Å². The van der Waals surface area contributed by atoms with Gasteiger partial charge in [-0.05, 0) is 71.8 Å². The number of carbonyl (C=O) groups excluding carboxylic acids is 1. The van der Waals surface area contributed by atoms with E-state index in [2.05, 4.69) is 46.6 Å². The van der Waals surface area contributed by atoms with Crippen molar-refractivity contribution in [1.82, 2.24) is 4.90 Å². The third-order valence-electron chi connectivity index (χ3n) is 7.73. The number of fused-ring (bicyclic) bond motifs is 1. The van der Waals surface area contributed by atoms with Gasteiger partial charge in [0, 0.05) is 36.6 Å². The van der Waals surface area contributed by atoms with E-state index < -0.39 is 0 Å². The highest BCUT2D eigenvalue weighted by atomic mass is 16.2. The zero-order valence-electron chi connectivity index (χ0n) is 22.9. The van der Waals surface area contributed by atoms with Crippen molar-refractivity contribution in [2.24, 2.45) is 5.73 Å². The van der Waals surface area contributed by atoms with Gasteiger partial charge in [-0.15, -0.1) is 0 Å². The van der Waals surface area contributed by atoms with E-state index in [0.717, 1.165) is 53.6 Å². The Morgan fingerprint density at radius 2 is 1.65 bits per heavy atom. The summed E-state index contributed by atoms with van der Waals surface area (Å²) in [5.74, 6) is 0.996. The molecular weight excluding hydrogens is 496 g/mol. The van der Waals surface area contributed by atoms with Gasteiger partial charge in [-0.25, -0.2) is 0 Å². The van der Waals surface area contributed by atoms with Crippen molar-refractivity contribution in [1.29, 1.82) is 10.8 Å². The van der Waals surface area contributed by atoms with Crippen LogP contribution in [-0.4, -0.2) is 42.1 Å². The number of hydrogen-bond donors (Lipinski definition) is 4. The third kappa shape index (κ3) is 6.31. The summed E-state index contributed by atoms with van der Waals surface area (Å²) in [7, 11) is 0. The van der Waals surface area contributed by atoms with E-state index in [1.165, 1.54) is 5.56 Å².